The molecule has 1 saturated heterocycles. The van der Waals surface area contributed by atoms with Crippen LogP contribution in [0.15, 0.2) is 10.6 Å². The van der Waals surface area contributed by atoms with Crippen LogP contribution in [0.5, 0.6) is 0 Å². The normalized spacial score (nSPS) is 16.1. The molecule has 6 heteroatoms. The van der Waals surface area contributed by atoms with Crippen LogP contribution < -0.4 is 5.32 Å². The average molecular weight is 276 g/mol. The average Bonchev–Trinajstić information content (AvgIpc) is 2.85. The number of aromatic nitrogens is 1. The lowest BCUT2D eigenvalue weighted by Gasteiger charge is -2.34. The molecule has 20 heavy (non-hydrogen) atoms. The maximum Gasteiger partial charge on any atom is 0.236 e. The van der Waals surface area contributed by atoms with Crippen LogP contribution in [0.3, 0.4) is 0 Å². The second-order valence-corrected chi connectivity index (χ2v) is 4.90. The molecule has 0 spiro atoms. The molecule has 1 aromatic rings. The summed E-state index contributed by atoms with van der Waals surface area (Å²) in [7, 11) is 0. The molecule has 0 saturated carbocycles. The number of hydrogen-bond donors (Lipinski definition) is 1. The van der Waals surface area contributed by atoms with E-state index in [0.717, 1.165) is 44.2 Å². The molecule has 6 nitrogen and oxygen atoms in total. The third-order valence-corrected chi connectivity index (χ3v) is 3.28. The quantitative estimate of drug-likeness (QED) is 0.598. The lowest BCUT2D eigenvalue weighted by molar-refractivity contribution is -0.132. The maximum atomic E-state index is 11.9. The van der Waals surface area contributed by atoms with Crippen LogP contribution in [-0.4, -0.2) is 60.1 Å². The van der Waals surface area contributed by atoms with Crippen LogP contribution in [0.1, 0.15) is 11.5 Å². The van der Waals surface area contributed by atoms with E-state index in [0.29, 0.717) is 13.1 Å². The van der Waals surface area contributed by atoms with Gasteiger partial charge in [0.1, 0.15) is 0 Å². The second-order valence-electron chi connectivity index (χ2n) is 4.90. The van der Waals surface area contributed by atoms with E-state index in [1.165, 1.54) is 0 Å². The molecule has 0 radical (unpaired) electrons. The molecular weight excluding hydrogens is 256 g/mol. The van der Waals surface area contributed by atoms with Crippen LogP contribution >= 0.6 is 0 Å². The van der Waals surface area contributed by atoms with Gasteiger partial charge in [0.2, 0.25) is 5.91 Å². The summed E-state index contributed by atoms with van der Waals surface area (Å²) in [4.78, 5) is 16.0. The first-order valence-corrected chi connectivity index (χ1v) is 6.75. The number of carbonyl (C=O) groups excluding carboxylic acids is 1. The predicted octanol–water partition coefficient (Wildman–Crippen LogP) is -0.150. The van der Waals surface area contributed by atoms with E-state index in [9.17, 15) is 4.79 Å². The molecule has 108 valence electrons. The molecule has 0 aromatic carbocycles. The van der Waals surface area contributed by atoms with Crippen molar-refractivity contribution >= 4 is 5.91 Å². The van der Waals surface area contributed by atoms with Crippen molar-refractivity contribution < 1.29 is 9.32 Å². The third kappa shape index (κ3) is 4.08. The Kier molecular flexibility index (Phi) is 5.16. The van der Waals surface area contributed by atoms with Crippen molar-refractivity contribution in [3.63, 3.8) is 0 Å². The highest BCUT2D eigenvalue weighted by Gasteiger charge is 2.21. The highest BCUT2D eigenvalue weighted by Crippen LogP contribution is 2.09. The summed E-state index contributed by atoms with van der Waals surface area (Å²) in [5.41, 5.74) is 0.897. The highest BCUT2D eigenvalue weighted by atomic mass is 16.5. The molecule has 0 bridgehead atoms. The second kappa shape index (κ2) is 7.08. The van der Waals surface area contributed by atoms with Gasteiger partial charge >= 0.3 is 0 Å². The van der Waals surface area contributed by atoms with E-state index in [2.05, 4.69) is 21.3 Å². The standard InChI is InChI=1S/C14H20N4O2/c1-3-4-15-10-14(19)18-7-5-17(6-8-18)11-13-9-12(2)16-20-13/h1,9,15H,4-8,10-11H2,2H3. The topological polar surface area (TPSA) is 61.6 Å². The van der Waals surface area contributed by atoms with Gasteiger partial charge in [0.15, 0.2) is 5.76 Å². The van der Waals surface area contributed by atoms with Crippen molar-refractivity contribution in [2.75, 3.05) is 39.3 Å². The fraction of sp³-hybridized carbons (Fsp3) is 0.571. The molecule has 0 aliphatic carbocycles. The van der Waals surface area contributed by atoms with Gasteiger partial charge in [0.05, 0.1) is 25.3 Å². The van der Waals surface area contributed by atoms with Gasteiger partial charge in [-0.1, -0.05) is 11.1 Å². The molecule has 2 heterocycles. The number of terminal acetylenes is 1. The van der Waals surface area contributed by atoms with Crippen LogP contribution in [0.2, 0.25) is 0 Å². The Morgan fingerprint density at radius 1 is 1.50 bits per heavy atom. The van der Waals surface area contributed by atoms with Crippen molar-refractivity contribution in [2.24, 2.45) is 0 Å². The summed E-state index contributed by atoms with van der Waals surface area (Å²) in [5, 5.41) is 6.80. The molecule has 1 amide bonds. The van der Waals surface area contributed by atoms with Gasteiger partial charge in [-0.05, 0) is 6.92 Å². The monoisotopic (exact) mass is 276 g/mol. The zero-order valence-corrected chi connectivity index (χ0v) is 11.8. The number of piperazine rings is 1. The van der Waals surface area contributed by atoms with E-state index >= 15 is 0 Å². The first kappa shape index (κ1) is 14.6. The minimum Gasteiger partial charge on any atom is -0.360 e. The number of carbonyl (C=O) groups is 1. The molecule has 0 unspecified atom stereocenters. The summed E-state index contributed by atoms with van der Waals surface area (Å²) >= 11 is 0. The van der Waals surface area contributed by atoms with Crippen LogP contribution in [0.4, 0.5) is 0 Å². The highest BCUT2D eigenvalue weighted by molar-refractivity contribution is 5.78. The van der Waals surface area contributed by atoms with Gasteiger partial charge in [-0.25, -0.2) is 0 Å². The Balaban J connectivity index is 1.72. The lowest BCUT2D eigenvalue weighted by Crippen LogP contribution is -2.50. The largest absolute Gasteiger partial charge is 0.360 e. The molecule has 0 atom stereocenters. The molecule has 2 rings (SSSR count). The minimum absolute atomic E-state index is 0.107. The van der Waals surface area contributed by atoms with Gasteiger partial charge in [0, 0.05) is 32.2 Å². The summed E-state index contributed by atoms with van der Waals surface area (Å²) in [6, 6.07) is 1.95. The summed E-state index contributed by atoms with van der Waals surface area (Å²) < 4.78 is 5.21. The number of amides is 1. The number of nitrogens with one attached hydrogen (secondary N) is 1. The Morgan fingerprint density at radius 2 is 2.25 bits per heavy atom. The Hall–Kier alpha value is -1.84. The van der Waals surface area contributed by atoms with Crippen LogP contribution in [0, 0.1) is 19.3 Å². The van der Waals surface area contributed by atoms with Crippen molar-refractivity contribution in [3.8, 4) is 12.3 Å². The molecular formula is C14H20N4O2. The molecule has 1 aliphatic heterocycles. The molecule has 1 fully saturated rings. The van der Waals surface area contributed by atoms with E-state index in [1.807, 2.05) is 17.9 Å². The van der Waals surface area contributed by atoms with Crippen LogP contribution in [-0.2, 0) is 11.3 Å². The lowest BCUT2D eigenvalue weighted by atomic mass is 10.3. The van der Waals surface area contributed by atoms with E-state index in [4.69, 9.17) is 10.9 Å². The fourth-order valence-electron chi connectivity index (χ4n) is 2.22. The molecule has 1 N–H and O–H groups in total. The first-order valence-electron chi connectivity index (χ1n) is 6.75. The first-order chi connectivity index (χ1) is 9.69. The van der Waals surface area contributed by atoms with Crippen molar-refractivity contribution in [2.45, 2.75) is 13.5 Å². The number of rotatable bonds is 5. The van der Waals surface area contributed by atoms with Crippen LogP contribution in [0.25, 0.3) is 0 Å². The zero-order chi connectivity index (χ0) is 14.4. The molecule has 1 aromatic heterocycles. The summed E-state index contributed by atoms with van der Waals surface area (Å²) in [5.74, 6) is 3.44. The zero-order valence-electron chi connectivity index (χ0n) is 11.8. The van der Waals surface area contributed by atoms with Gasteiger partial charge < -0.3 is 9.42 Å². The Labute approximate surface area is 119 Å². The predicted molar refractivity (Wildman–Crippen MR) is 74.8 cm³/mol. The maximum absolute atomic E-state index is 11.9. The van der Waals surface area contributed by atoms with E-state index < -0.39 is 0 Å². The number of aryl methyl sites for hydroxylation is 1. The summed E-state index contributed by atoms with van der Waals surface area (Å²) in [6.45, 7) is 6.57. The van der Waals surface area contributed by atoms with Gasteiger partial charge in [-0.3, -0.25) is 15.0 Å². The number of nitrogens with zero attached hydrogens (tertiary/aromatic N) is 3. The minimum atomic E-state index is 0.107. The molecule has 1 aliphatic rings. The number of hydrogen-bond acceptors (Lipinski definition) is 5. The fourth-order valence-corrected chi connectivity index (χ4v) is 2.22. The third-order valence-electron chi connectivity index (χ3n) is 3.28. The summed E-state index contributed by atoms with van der Waals surface area (Å²) in [6.07, 6.45) is 5.13. The van der Waals surface area contributed by atoms with E-state index in [-0.39, 0.29) is 5.91 Å². The smallest absolute Gasteiger partial charge is 0.236 e. The van der Waals surface area contributed by atoms with Gasteiger partial charge in [0.25, 0.3) is 0 Å². The van der Waals surface area contributed by atoms with E-state index in [1.54, 1.807) is 0 Å². The van der Waals surface area contributed by atoms with Crippen molar-refractivity contribution in [3.05, 3.63) is 17.5 Å². The van der Waals surface area contributed by atoms with Gasteiger partial charge in [-0.2, -0.15) is 0 Å². The Morgan fingerprint density at radius 3 is 2.85 bits per heavy atom. The Bertz CT molecular complexity index is 484. The van der Waals surface area contributed by atoms with Crippen molar-refractivity contribution in [1.29, 1.82) is 0 Å². The SMILES string of the molecule is C#CCNCC(=O)N1CCN(Cc2cc(C)no2)CC1. The van der Waals surface area contributed by atoms with Crippen molar-refractivity contribution in [1.82, 2.24) is 20.3 Å². The van der Waals surface area contributed by atoms with Gasteiger partial charge in [-0.15, -0.1) is 6.42 Å².